The molecule has 94 valence electrons. The number of aliphatic hydroxyl groups excluding tert-OH is 1. The van der Waals surface area contributed by atoms with Crippen LogP contribution in [-0.4, -0.2) is 20.1 Å². The maximum atomic E-state index is 10.2. The summed E-state index contributed by atoms with van der Waals surface area (Å²) in [4.78, 5) is 14.0. The average Bonchev–Trinajstić information content (AvgIpc) is 2.72. The van der Waals surface area contributed by atoms with Gasteiger partial charge in [0.15, 0.2) is 10.8 Å². The summed E-state index contributed by atoms with van der Waals surface area (Å²) < 4.78 is 0. The summed E-state index contributed by atoms with van der Waals surface area (Å²) in [6, 6.07) is 1.79. The third kappa shape index (κ3) is 2.04. The molecule has 4 nitrogen and oxygen atoms in total. The SMILES string of the molecule is CC1(C)Cc2nc(-c3ncccn3)sc2C(O)C1. The number of aromatic nitrogens is 3. The topological polar surface area (TPSA) is 58.9 Å². The van der Waals surface area contributed by atoms with Crippen LogP contribution in [-0.2, 0) is 6.42 Å². The minimum absolute atomic E-state index is 0.106. The minimum atomic E-state index is -0.404. The van der Waals surface area contributed by atoms with Crippen LogP contribution < -0.4 is 0 Å². The average molecular weight is 261 g/mol. The van der Waals surface area contributed by atoms with Gasteiger partial charge in [-0.25, -0.2) is 15.0 Å². The molecular weight excluding hydrogens is 246 g/mol. The van der Waals surface area contributed by atoms with Gasteiger partial charge in [-0.2, -0.15) is 0 Å². The number of hydrogen-bond acceptors (Lipinski definition) is 5. The van der Waals surface area contributed by atoms with Crippen molar-refractivity contribution >= 4 is 11.3 Å². The third-order valence-electron chi connectivity index (χ3n) is 3.18. The summed E-state index contributed by atoms with van der Waals surface area (Å²) in [5.74, 6) is 0.641. The quantitative estimate of drug-likeness (QED) is 0.857. The second kappa shape index (κ2) is 4.10. The molecule has 0 saturated carbocycles. The van der Waals surface area contributed by atoms with Crippen molar-refractivity contribution in [3.05, 3.63) is 29.0 Å². The third-order valence-corrected chi connectivity index (χ3v) is 4.37. The summed E-state index contributed by atoms with van der Waals surface area (Å²) in [5.41, 5.74) is 1.11. The van der Waals surface area contributed by atoms with E-state index in [1.54, 1.807) is 18.5 Å². The van der Waals surface area contributed by atoms with Crippen molar-refractivity contribution in [3.8, 4) is 10.8 Å². The molecule has 0 aromatic carbocycles. The zero-order valence-corrected chi connectivity index (χ0v) is 11.2. The minimum Gasteiger partial charge on any atom is -0.387 e. The van der Waals surface area contributed by atoms with Crippen molar-refractivity contribution in [1.29, 1.82) is 0 Å². The maximum absolute atomic E-state index is 10.2. The van der Waals surface area contributed by atoms with E-state index in [4.69, 9.17) is 0 Å². The lowest BCUT2D eigenvalue weighted by Gasteiger charge is -2.31. The van der Waals surface area contributed by atoms with Crippen LogP contribution in [0.2, 0.25) is 0 Å². The first-order chi connectivity index (χ1) is 8.55. The van der Waals surface area contributed by atoms with Gasteiger partial charge in [-0.05, 0) is 24.3 Å². The van der Waals surface area contributed by atoms with Crippen LogP contribution in [0.3, 0.4) is 0 Å². The second-order valence-electron chi connectivity index (χ2n) is 5.46. The Kier molecular flexibility index (Phi) is 2.68. The van der Waals surface area contributed by atoms with Gasteiger partial charge in [-0.3, -0.25) is 0 Å². The number of hydrogen-bond donors (Lipinski definition) is 1. The van der Waals surface area contributed by atoms with Crippen molar-refractivity contribution < 1.29 is 5.11 Å². The molecule has 3 rings (SSSR count). The van der Waals surface area contributed by atoms with Gasteiger partial charge in [-0.15, -0.1) is 11.3 Å². The monoisotopic (exact) mass is 261 g/mol. The fraction of sp³-hybridized carbons (Fsp3) is 0.462. The number of rotatable bonds is 1. The Morgan fingerprint density at radius 3 is 2.78 bits per heavy atom. The van der Waals surface area contributed by atoms with Gasteiger partial charge in [-0.1, -0.05) is 13.8 Å². The van der Waals surface area contributed by atoms with Crippen LogP contribution in [0, 0.1) is 5.41 Å². The second-order valence-corrected chi connectivity index (χ2v) is 6.49. The van der Waals surface area contributed by atoms with E-state index in [1.807, 2.05) is 0 Å². The molecule has 1 unspecified atom stereocenters. The lowest BCUT2D eigenvalue weighted by Crippen LogP contribution is -2.24. The van der Waals surface area contributed by atoms with Gasteiger partial charge < -0.3 is 5.11 Å². The molecular formula is C13H15N3OS. The van der Waals surface area contributed by atoms with E-state index < -0.39 is 6.10 Å². The molecule has 0 radical (unpaired) electrons. The highest BCUT2D eigenvalue weighted by Crippen LogP contribution is 2.44. The molecule has 1 atom stereocenters. The van der Waals surface area contributed by atoms with E-state index in [-0.39, 0.29) is 5.41 Å². The van der Waals surface area contributed by atoms with Crippen molar-refractivity contribution in [2.24, 2.45) is 5.41 Å². The highest BCUT2D eigenvalue weighted by atomic mass is 32.1. The number of aliphatic hydroxyl groups is 1. The van der Waals surface area contributed by atoms with Crippen molar-refractivity contribution in [1.82, 2.24) is 15.0 Å². The van der Waals surface area contributed by atoms with E-state index in [9.17, 15) is 5.11 Å². The molecule has 2 heterocycles. The predicted molar refractivity (Wildman–Crippen MR) is 70.2 cm³/mol. The number of thiazole rings is 1. The molecule has 1 aliphatic carbocycles. The molecule has 1 N–H and O–H groups in total. The fourth-order valence-electron chi connectivity index (χ4n) is 2.40. The lowest BCUT2D eigenvalue weighted by atomic mass is 9.77. The van der Waals surface area contributed by atoms with Gasteiger partial charge in [0, 0.05) is 12.4 Å². The van der Waals surface area contributed by atoms with Gasteiger partial charge in [0.2, 0.25) is 0 Å². The largest absolute Gasteiger partial charge is 0.387 e. The first kappa shape index (κ1) is 11.7. The highest BCUT2D eigenvalue weighted by molar-refractivity contribution is 7.15. The van der Waals surface area contributed by atoms with Crippen molar-refractivity contribution in [2.75, 3.05) is 0 Å². The normalized spacial score (nSPS) is 21.6. The highest BCUT2D eigenvalue weighted by Gasteiger charge is 2.34. The summed E-state index contributed by atoms with van der Waals surface area (Å²) in [5, 5.41) is 11.0. The molecule has 2 aromatic heterocycles. The molecule has 0 aliphatic heterocycles. The summed E-state index contributed by atoms with van der Waals surface area (Å²) in [7, 11) is 0. The molecule has 1 aliphatic rings. The zero-order chi connectivity index (χ0) is 12.8. The van der Waals surface area contributed by atoms with Crippen LogP contribution in [0.4, 0.5) is 0 Å². The molecule has 18 heavy (non-hydrogen) atoms. The summed E-state index contributed by atoms with van der Waals surface area (Å²) in [6.45, 7) is 4.33. The van der Waals surface area contributed by atoms with Crippen LogP contribution in [0.15, 0.2) is 18.5 Å². The smallest absolute Gasteiger partial charge is 0.188 e. The predicted octanol–water partition coefficient (Wildman–Crippen LogP) is 2.61. The summed E-state index contributed by atoms with van der Waals surface area (Å²) >= 11 is 1.51. The van der Waals surface area contributed by atoms with Crippen molar-refractivity contribution in [3.63, 3.8) is 0 Å². The zero-order valence-electron chi connectivity index (χ0n) is 10.4. The lowest BCUT2D eigenvalue weighted by molar-refractivity contribution is 0.102. The molecule has 0 saturated heterocycles. The van der Waals surface area contributed by atoms with E-state index in [2.05, 4.69) is 28.8 Å². The van der Waals surface area contributed by atoms with Crippen LogP contribution in [0.25, 0.3) is 10.8 Å². The molecule has 2 aromatic rings. The molecule has 5 heteroatoms. The molecule has 0 fully saturated rings. The van der Waals surface area contributed by atoms with E-state index >= 15 is 0 Å². The van der Waals surface area contributed by atoms with Gasteiger partial charge >= 0.3 is 0 Å². The Balaban J connectivity index is 2.03. The fourth-order valence-corrected chi connectivity index (χ4v) is 3.41. The van der Waals surface area contributed by atoms with Gasteiger partial charge in [0.1, 0.15) is 0 Å². The Bertz CT molecular complexity index is 565. The molecule has 0 spiro atoms. The Morgan fingerprint density at radius 2 is 2.06 bits per heavy atom. The Morgan fingerprint density at radius 1 is 1.33 bits per heavy atom. The van der Waals surface area contributed by atoms with Gasteiger partial charge in [0.25, 0.3) is 0 Å². The van der Waals surface area contributed by atoms with E-state index in [0.29, 0.717) is 5.82 Å². The molecule has 0 bridgehead atoms. The number of nitrogens with zero attached hydrogens (tertiary/aromatic N) is 3. The van der Waals surface area contributed by atoms with Crippen LogP contribution in [0.5, 0.6) is 0 Å². The van der Waals surface area contributed by atoms with E-state index in [0.717, 1.165) is 28.4 Å². The first-order valence-corrected chi connectivity index (χ1v) is 6.82. The maximum Gasteiger partial charge on any atom is 0.188 e. The molecule has 0 amide bonds. The standard InChI is InChI=1S/C13H15N3OS/c1-13(2)6-8-10(9(17)7-13)18-12(16-8)11-14-4-3-5-15-11/h3-5,9,17H,6-7H2,1-2H3. The number of fused-ring (bicyclic) bond motifs is 1. The first-order valence-electron chi connectivity index (χ1n) is 6.00. The van der Waals surface area contributed by atoms with Crippen LogP contribution >= 0.6 is 11.3 Å². The van der Waals surface area contributed by atoms with Gasteiger partial charge in [0.05, 0.1) is 16.7 Å². The Hall–Kier alpha value is -1.33. The van der Waals surface area contributed by atoms with Crippen molar-refractivity contribution in [2.45, 2.75) is 32.8 Å². The van der Waals surface area contributed by atoms with Crippen LogP contribution in [0.1, 0.15) is 36.9 Å². The summed E-state index contributed by atoms with van der Waals surface area (Å²) in [6.07, 6.45) is 4.71. The Labute approximate surface area is 110 Å². The van der Waals surface area contributed by atoms with E-state index in [1.165, 1.54) is 11.3 Å².